The lowest BCUT2D eigenvalue weighted by atomic mass is 9.89. The largest absolute Gasteiger partial charge is 0.370 e. The number of benzene rings is 3. The summed E-state index contributed by atoms with van der Waals surface area (Å²) in [6.07, 6.45) is 3.41. The molecule has 0 N–H and O–H groups in total. The second-order valence-corrected chi connectivity index (χ2v) is 9.48. The van der Waals surface area contributed by atoms with E-state index >= 15 is 0 Å². The molecule has 1 aliphatic heterocycles. The highest BCUT2D eigenvalue weighted by atomic mass is 35.5. The smallest absolute Gasteiger partial charge is 0.258 e. The molecule has 0 bridgehead atoms. The number of hydrogen-bond donors (Lipinski definition) is 0. The summed E-state index contributed by atoms with van der Waals surface area (Å²) in [4.78, 5) is 19.3. The van der Waals surface area contributed by atoms with Crippen molar-refractivity contribution in [3.05, 3.63) is 99.2 Å². The van der Waals surface area contributed by atoms with E-state index in [1.807, 2.05) is 32.0 Å². The van der Waals surface area contributed by atoms with E-state index in [0.29, 0.717) is 16.8 Å². The number of hydrogen-bond acceptors (Lipinski definition) is 3. The molecule has 4 nitrogen and oxygen atoms in total. The minimum atomic E-state index is -0.0849. The summed E-state index contributed by atoms with van der Waals surface area (Å²) in [7, 11) is 0. The van der Waals surface area contributed by atoms with Gasteiger partial charge in [0.25, 0.3) is 5.56 Å². The van der Waals surface area contributed by atoms with Crippen LogP contribution in [0, 0.1) is 19.8 Å². The fourth-order valence-electron chi connectivity index (χ4n) is 5.02. The van der Waals surface area contributed by atoms with Crippen LogP contribution in [0.25, 0.3) is 16.5 Å². The highest BCUT2D eigenvalue weighted by Gasteiger charge is 2.22. The standard InChI is InChI=1S/C28H28ClN3O/c1-19-15-28(33)32(20(2)30-19)25-9-10-27(26(29)18-25)31-13-11-21(12-14-31)16-22-7-8-23-5-3-4-6-24(23)17-22/h3-10,15,17-18,21H,11-14,16H2,1-2H3. The number of halogens is 1. The van der Waals surface area contributed by atoms with Gasteiger partial charge >= 0.3 is 0 Å². The molecule has 0 amide bonds. The van der Waals surface area contributed by atoms with Gasteiger partial charge in [-0.25, -0.2) is 4.98 Å². The Bertz CT molecular complexity index is 1370. The van der Waals surface area contributed by atoms with E-state index in [-0.39, 0.29) is 5.56 Å². The maximum atomic E-state index is 12.5. The van der Waals surface area contributed by atoms with Crippen molar-refractivity contribution >= 4 is 28.1 Å². The summed E-state index contributed by atoms with van der Waals surface area (Å²) in [6, 6.07) is 22.8. The first-order valence-corrected chi connectivity index (χ1v) is 12.0. The molecule has 1 saturated heterocycles. The summed E-state index contributed by atoms with van der Waals surface area (Å²) < 4.78 is 1.61. The van der Waals surface area contributed by atoms with E-state index in [2.05, 4.69) is 52.3 Å². The Hall–Kier alpha value is -3.11. The van der Waals surface area contributed by atoms with Crippen molar-refractivity contribution in [1.29, 1.82) is 0 Å². The van der Waals surface area contributed by atoms with Gasteiger partial charge < -0.3 is 4.90 Å². The Kier molecular flexibility index (Phi) is 5.94. The number of aromatic nitrogens is 2. The first kappa shape index (κ1) is 21.7. The van der Waals surface area contributed by atoms with Gasteiger partial charge in [-0.3, -0.25) is 9.36 Å². The van der Waals surface area contributed by atoms with Gasteiger partial charge in [-0.1, -0.05) is 54.1 Å². The van der Waals surface area contributed by atoms with Crippen LogP contribution in [0.15, 0.2) is 71.5 Å². The van der Waals surface area contributed by atoms with E-state index in [4.69, 9.17) is 11.6 Å². The molecule has 0 unspecified atom stereocenters. The van der Waals surface area contributed by atoms with Crippen LogP contribution >= 0.6 is 11.6 Å². The SMILES string of the molecule is Cc1cc(=O)n(-c2ccc(N3CCC(Cc4ccc5ccccc5c4)CC3)c(Cl)c2)c(C)n1. The minimum Gasteiger partial charge on any atom is -0.370 e. The van der Waals surface area contributed by atoms with Crippen LogP contribution in [0.1, 0.15) is 29.9 Å². The number of piperidine rings is 1. The van der Waals surface area contributed by atoms with Crippen molar-refractivity contribution in [3.63, 3.8) is 0 Å². The summed E-state index contributed by atoms with van der Waals surface area (Å²) >= 11 is 6.69. The Labute approximate surface area is 199 Å². The van der Waals surface area contributed by atoms with Crippen LogP contribution in [0.2, 0.25) is 5.02 Å². The first-order valence-electron chi connectivity index (χ1n) is 11.6. The quantitative estimate of drug-likeness (QED) is 0.370. The monoisotopic (exact) mass is 457 g/mol. The highest BCUT2D eigenvalue weighted by molar-refractivity contribution is 6.33. The highest BCUT2D eigenvalue weighted by Crippen LogP contribution is 2.32. The molecule has 5 rings (SSSR count). The average Bonchev–Trinajstić information content (AvgIpc) is 2.79. The number of fused-ring (bicyclic) bond motifs is 1. The third-order valence-corrected chi connectivity index (χ3v) is 7.00. The molecule has 0 saturated carbocycles. The molecule has 1 fully saturated rings. The normalized spacial score (nSPS) is 14.7. The zero-order chi connectivity index (χ0) is 22.9. The molecule has 2 heterocycles. The molecular weight excluding hydrogens is 430 g/mol. The molecule has 0 atom stereocenters. The lowest BCUT2D eigenvalue weighted by Gasteiger charge is -2.34. The first-order chi connectivity index (χ1) is 16.0. The van der Waals surface area contributed by atoms with E-state index in [1.54, 1.807) is 10.6 Å². The lowest BCUT2D eigenvalue weighted by molar-refractivity contribution is 0.404. The second-order valence-electron chi connectivity index (χ2n) is 9.07. The molecule has 3 aromatic carbocycles. The Morgan fingerprint density at radius 2 is 1.70 bits per heavy atom. The third kappa shape index (κ3) is 4.53. The van der Waals surface area contributed by atoms with E-state index in [1.165, 1.54) is 16.3 Å². The maximum Gasteiger partial charge on any atom is 0.258 e. The number of rotatable bonds is 4. The zero-order valence-electron chi connectivity index (χ0n) is 19.1. The predicted octanol–water partition coefficient (Wildman–Crippen LogP) is 6.12. The average molecular weight is 458 g/mol. The van der Waals surface area contributed by atoms with Crippen LogP contribution in [-0.4, -0.2) is 22.6 Å². The minimum absolute atomic E-state index is 0.0849. The second kappa shape index (κ2) is 9.03. The topological polar surface area (TPSA) is 38.1 Å². The van der Waals surface area contributed by atoms with E-state index in [9.17, 15) is 4.79 Å². The van der Waals surface area contributed by atoms with Crippen molar-refractivity contribution in [1.82, 2.24) is 9.55 Å². The molecule has 168 valence electrons. The predicted molar refractivity (Wildman–Crippen MR) is 137 cm³/mol. The molecular formula is C28H28ClN3O. The van der Waals surface area contributed by atoms with Gasteiger partial charge in [0.2, 0.25) is 0 Å². The van der Waals surface area contributed by atoms with Crippen molar-refractivity contribution < 1.29 is 0 Å². The number of nitrogens with zero attached hydrogens (tertiary/aromatic N) is 3. The molecule has 0 spiro atoms. The van der Waals surface area contributed by atoms with Gasteiger partial charge in [0.15, 0.2) is 0 Å². The van der Waals surface area contributed by atoms with Crippen LogP contribution in [-0.2, 0) is 6.42 Å². The molecule has 1 aromatic heterocycles. The molecule has 4 aromatic rings. The van der Waals surface area contributed by atoms with Crippen LogP contribution in [0.3, 0.4) is 0 Å². The molecule has 0 aliphatic carbocycles. The van der Waals surface area contributed by atoms with E-state index < -0.39 is 0 Å². The van der Waals surface area contributed by atoms with Gasteiger partial charge in [0.05, 0.1) is 16.4 Å². The lowest BCUT2D eigenvalue weighted by Crippen LogP contribution is -2.34. The van der Waals surface area contributed by atoms with Gasteiger partial charge in [0, 0.05) is 24.8 Å². The molecule has 0 radical (unpaired) electrons. The van der Waals surface area contributed by atoms with Crippen LogP contribution in [0.4, 0.5) is 5.69 Å². The maximum absolute atomic E-state index is 12.5. The summed E-state index contributed by atoms with van der Waals surface area (Å²) in [5.74, 6) is 1.35. The fraction of sp³-hybridized carbons (Fsp3) is 0.286. The Morgan fingerprint density at radius 3 is 2.42 bits per heavy atom. The van der Waals surface area contributed by atoms with Crippen LogP contribution in [0.5, 0.6) is 0 Å². The summed E-state index contributed by atoms with van der Waals surface area (Å²) in [5.41, 5.74) is 3.85. The molecule has 33 heavy (non-hydrogen) atoms. The van der Waals surface area contributed by atoms with Crippen LogP contribution < -0.4 is 10.5 Å². The number of anilines is 1. The molecule has 5 heteroatoms. The fourth-order valence-corrected chi connectivity index (χ4v) is 5.32. The van der Waals surface area contributed by atoms with E-state index in [0.717, 1.165) is 49.4 Å². The van der Waals surface area contributed by atoms with Gasteiger partial charge in [-0.15, -0.1) is 0 Å². The van der Waals surface area contributed by atoms with Crippen molar-refractivity contribution in [2.45, 2.75) is 33.1 Å². The van der Waals surface area contributed by atoms with Crippen molar-refractivity contribution in [2.24, 2.45) is 5.92 Å². The Balaban J connectivity index is 1.27. The zero-order valence-corrected chi connectivity index (χ0v) is 19.8. The van der Waals surface area contributed by atoms with Gasteiger partial charge in [0.1, 0.15) is 5.82 Å². The molecule has 1 aliphatic rings. The summed E-state index contributed by atoms with van der Waals surface area (Å²) in [6.45, 7) is 5.65. The van der Waals surface area contributed by atoms with Gasteiger partial charge in [-0.05, 0) is 73.6 Å². The van der Waals surface area contributed by atoms with Gasteiger partial charge in [-0.2, -0.15) is 0 Å². The van der Waals surface area contributed by atoms with Crippen molar-refractivity contribution in [2.75, 3.05) is 18.0 Å². The number of aryl methyl sites for hydroxylation is 2. The van der Waals surface area contributed by atoms with Crippen molar-refractivity contribution in [3.8, 4) is 5.69 Å². The Morgan fingerprint density at radius 1 is 0.939 bits per heavy atom. The summed E-state index contributed by atoms with van der Waals surface area (Å²) in [5, 5.41) is 3.29. The third-order valence-electron chi connectivity index (χ3n) is 6.70.